The molecule has 0 aromatic carbocycles. The summed E-state index contributed by atoms with van der Waals surface area (Å²) in [6.07, 6.45) is 10.4. The van der Waals surface area contributed by atoms with Gasteiger partial charge in [-0.05, 0) is 12.8 Å². The summed E-state index contributed by atoms with van der Waals surface area (Å²) in [7, 11) is 0. The number of hydrogen-bond acceptors (Lipinski definition) is 2. The molecule has 0 aromatic rings. The molecule has 0 bridgehead atoms. The number of hydrogen-bond donors (Lipinski definition) is 2. The van der Waals surface area contributed by atoms with Crippen molar-refractivity contribution < 1.29 is 19.8 Å². The molecule has 128 valence electrons. The molecule has 0 aliphatic heterocycles. The Bertz CT molecular complexity index is 281. The van der Waals surface area contributed by atoms with Gasteiger partial charge < -0.3 is 10.2 Å². The van der Waals surface area contributed by atoms with Crippen molar-refractivity contribution in [1.82, 2.24) is 0 Å². The first-order chi connectivity index (χ1) is 10.0. The minimum absolute atomic E-state index is 0. The van der Waals surface area contributed by atoms with Gasteiger partial charge in [0.05, 0.1) is 0 Å². The zero-order valence-corrected chi connectivity index (χ0v) is 13.7. The van der Waals surface area contributed by atoms with Crippen molar-refractivity contribution in [3.8, 4) is 0 Å². The average Bonchev–Trinajstić information content (AvgIpc) is 2.44. The second-order valence-corrected chi connectivity index (χ2v) is 6.02. The maximum absolute atomic E-state index is 11.5. The molecule has 0 saturated carbocycles. The third-order valence-electron chi connectivity index (χ3n) is 4.23. The Morgan fingerprint density at radius 1 is 0.696 bits per heavy atom. The van der Waals surface area contributed by atoms with Crippen LogP contribution in [0.25, 0.3) is 0 Å². The van der Waals surface area contributed by atoms with Gasteiger partial charge in [0.15, 0.2) is 5.41 Å². The Morgan fingerprint density at radius 2 is 1.00 bits per heavy atom. The molecule has 0 rings (SSSR count). The summed E-state index contributed by atoms with van der Waals surface area (Å²) in [5.41, 5.74) is -1.57. The predicted molar refractivity (Wildman–Crippen MR) is 98.8 cm³/mol. The summed E-state index contributed by atoms with van der Waals surface area (Å²) in [5, 5.41) is 18.8. The topological polar surface area (TPSA) is 74.6 Å². The molecule has 0 aliphatic carbocycles. The summed E-state index contributed by atoms with van der Waals surface area (Å²) < 4.78 is 0. The molecule has 0 aromatic heterocycles. The monoisotopic (exact) mass is 364 g/mol. The SMILES string of the molecule is CCCCCCCC(CCCCCCC)(C(=O)O)C(=O)O.[KH].[NaH]. The zero-order chi connectivity index (χ0) is 16.1. The molecule has 0 saturated heterocycles. The molecule has 4 nitrogen and oxygen atoms in total. The fourth-order valence-corrected chi connectivity index (χ4v) is 2.70. The van der Waals surface area contributed by atoms with E-state index in [0.29, 0.717) is 12.8 Å². The molecule has 0 aliphatic rings. The van der Waals surface area contributed by atoms with Crippen molar-refractivity contribution >= 4 is 92.9 Å². The molecular formula is C17H34KNaO4. The van der Waals surface area contributed by atoms with Gasteiger partial charge in [-0.2, -0.15) is 0 Å². The van der Waals surface area contributed by atoms with Crippen LogP contribution in [0.2, 0.25) is 0 Å². The van der Waals surface area contributed by atoms with Gasteiger partial charge in [-0.15, -0.1) is 0 Å². The number of carbonyl (C=O) groups is 2. The van der Waals surface area contributed by atoms with Crippen LogP contribution in [0, 0.1) is 5.41 Å². The van der Waals surface area contributed by atoms with Crippen molar-refractivity contribution in [2.45, 2.75) is 90.9 Å². The molecule has 2 N–H and O–H groups in total. The van der Waals surface area contributed by atoms with Crippen LogP contribution in [0.1, 0.15) is 90.9 Å². The molecule has 6 heteroatoms. The van der Waals surface area contributed by atoms with Crippen LogP contribution < -0.4 is 0 Å². The van der Waals surface area contributed by atoms with Gasteiger partial charge in [0.25, 0.3) is 0 Å². The standard InChI is InChI=1S/C17H32O4.K.Na.2H/c1-3-5-7-9-11-13-17(15(18)19,16(20)21)14-12-10-8-6-4-2;;;;/h3-14H2,1-2H3,(H,18,19)(H,20,21);;;;. The van der Waals surface area contributed by atoms with Crippen LogP contribution in [-0.2, 0) is 9.59 Å². The van der Waals surface area contributed by atoms with Gasteiger partial charge in [0.1, 0.15) is 0 Å². The van der Waals surface area contributed by atoms with Crippen molar-refractivity contribution in [1.29, 1.82) is 0 Å². The van der Waals surface area contributed by atoms with E-state index in [1.807, 2.05) is 0 Å². The van der Waals surface area contributed by atoms with Gasteiger partial charge >= 0.3 is 92.9 Å². The Morgan fingerprint density at radius 3 is 1.26 bits per heavy atom. The van der Waals surface area contributed by atoms with E-state index in [0.717, 1.165) is 51.4 Å². The van der Waals surface area contributed by atoms with Gasteiger partial charge in [-0.1, -0.05) is 78.1 Å². The van der Waals surface area contributed by atoms with E-state index >= 15 is 0 Å². The molecule has 0 unspecified atom stereocenters. The molecule has 0 spiro atoms. The molecule has 0 radical (unpaired) electrons. The first-order valence-corrected chi connectivity index (χ1v) is 8.48. The fourth-order valence-electron chi connectivity index (χ4n) is 2.70. The molecule has 0 amide bonds. The van der Waals surface area contributed by atoms with E-state index in [1.165, 1.54) is 0 Å². The van der Waals surface area contributed by atoms with Gasteiger partial charge in [-0.25, -0.2) is 0 Å². The first kappa shape index (κ1) is 29.3. The van der Waals surface area contributed by atoms with Gasteiger partial charge in [0, 0.05) is 0 Å². The van der Waals surface area contributed by atoms with E-state index < -0.39 is 17.4 Å². The van der Waals surface area contributed by atoms with E-state index in [9.17, 15) is 19.8 Å². The summed E-state index contributed by atoms with van der Waals surface area (Å²) in [6, 6.07) is 0. The fraction of sp³-hybridized carbons (Fsp3) is 0.882. The van der Waals surface area contributed by atoms with E-state index in [4.69, 9.17) is 0 Å². The number of carboxylic acid groups (broad SMARTS) is 2. The summed E-state index contributed by atoms with van der Waals surface area (Å²) >= 11 is 0. The van der Waals surface area contributed by atoms with Crippen molar-refractivity contribution in [2.24, 2.45) is 5.41 Å². The zero-order valence-electron chi connectivity index (χ0n) is 13.7. The van der Waals surface area contributed by atoms with E-state index in [-0.39, 0.29) is 93.8 Å². The summed E-state index contributed by atoms with van der Waals surface area (Å²) in [6.45, 7) is 4.24. The second kappa shape index (κ2) is 18.4. The van der Waals surface area contributed by atoms with Crippen LogP contribution in [0.3, 0.4) is 0 Å². The van der Waals surface area contributed by atoms with E-state index in [2.05, 4.69) is 13.8 Å². The van der Waals surface area contributed by atoms with E-state index in [1.54, 1.807) is 0 Å². The van der Waals surface area contributed by atoms with Crippen molar-refractivity contribution in [3.05, 3.63) is 0 Å². The molecule has 23 heavy (non-hydrogen) atoms. The minimum atomic E-state index is -1.57. The normalized spacial score (nSPS) is 10.5. The quantitative estimate of drug-likeness (QED) is 0.281. The first-order valence-electron chi connectivity index (χ1n) is 8.48. The molecular weight excluding hydrogens is 330 g/mol. The maximum atomic E-state index is 11.5. The van der Waals surface area contributed by atoms with Crippen LogP contribution >= 0.6 is 0 Å². The summed E-state index contributed by atoms with van der Waals surface area (Å²) in [5.74, 6) is -2.33. The van der Waals surface area contributed by atoms with Crippen molar-refractivity contribution in [3.63, 3.8) is 0 Å². The van der Waals surface area contributed by atoms with Crippen LogP contribution in [0.5, 0.6) is 0 Å². The average molecular weight is 365 g/mol. The second-order valence-electron chi connectivity index (χ2n) is 6.02. The third-order valence-corrected chi connectivity index (χ3v) is 4.23. The molecule has 0 heterocycles. The Balaban J connectivity index is -0.00000200. The number of aliphatic carboxylic acids is 2. The summed E-state index contributed by atoms with van der Waals surface area (Å²) in [4.78, 5) is 23.0. The molecule has 0 atom stereocenters. The number of rotatable bonds is 14. The Labute approximate surface area is 206 Å². The number of carboxylic acids is 2. The van der Waals surface area contributed by atoms with Crippen LogP contribution in [0.15, 0.2) is 0 Å². The Kier molecular flexibility index (Phi) is 23.4. The van der Waals surface area contributed by atoms with Crippen LogP contribution in [-0.4, -0.2) is 103 Å². The van der Waals surface area contributed by atoms with Crippen LogP contribution in [0.4, 0.5) is 0 Å². The Hall–Kier alpha value is 1.58. The van der Waals surface area contributed by atoms with Crippen molar-refractivity contribution in [2.75, 3.05) is 0 Å². The molecule has 0 fully saturated rings. The predicted octanol–water partition coefficient (Wildman–Crippen LogP) is 3.57. The number of unbranched alkanes of at least 4 members (excludes halogenated alkanes) is 8. The van der Waals surface area contributed by atoms with Gasteiger partial charge in [0.2, 0.25) is 0 Å². The van der Waals surface area contributed by atoms with Gasteiger partial charge in [-0.3, -0.25) is 9.59 Å². The third kappa shape index (κ3) is 12.5.